The van der Waals surface area contributed by atoms with Crippen LogP contribution < -0.4 is 5.32 Å². The molecule has 23 heavy (non-hydrogen) atoms. The van der Waals surface area contributed by atoms with E-state index in [1.54, 1.807) is 18.4 Å². The molecular formula is C17H16BrN3OS. The van der Waals surface area contributed by atoms with Gasteiger partial charge in [-0.05, 0) is 52.5 Å². The van der Waals surface area contributed by atoms with Crippen molar-refractivity contribution in [2.45, 2.75) is 24.3 Å². The molecule has 1 saturated heterocycles. The van der Waals surface area contributed by atoms with Gasteiger partial charge in [0.05, 0.1) is 9.33 Å². The second-order valence-corrected chi connectivity index (χ2v) is 8.77. The summed E-state index contributed by atoms with van der Waals surface area (Å²) in [5, 5.41) is 11.5. The summed E-state index contributed by atoms with van der Waals surface area (Å²) in [6.45, 7) is 2.04. The molecule has 4 rings (SSSR count). The molecule has 1 spiro atoms. The van der Waals surface area contributed by atoms with Crippen molar-refractivity contribution in [3.8, 4) is 0 Å². The molecule has 2 aliphatic rings. The molecule has 2 N–H and O–H groups in total. The molecule has 1 aliphatic heterocycles. The lowest BCUT2D eigenvalue weighted by Gasteiger charge is -2.58. The molecule has 1 unspecified atom stereocenters. The summed E-state index contributed by atoms with van der Waals surface area (Å²) < 4.78 is 1.02. The fourth-order valence-corrected chi connectivity index (χ4v) is 5.45. The number of thiophene rings is 1. The van der Waals surface area contributed by atoms with Crippen LogP contribution in [0.2, 0.25) is 0 Å². The summed E-state index contributed by atoms with van der Waals surface area (Å²) in [6, 6.07) is 12.2. The molecule has 0 saturated carbocycles. The second kappa shape index (κ2) is 4.68. The van der Waals surface area contributed by atoms with Crippen LogP contribution >= 0.6 is 27.3 Å². The number of halogens is 1. The SMILES string of the molecule is CN1C(=N)N[C@](C)(c2ccc(Br)s2)C2(Cc3ccccc32)C1=O. The number of amides is 1. The van der Waals surface area contributed by atoms with Crippen molar-refractivity contribution in [3.05, 3.63) is 56.2 Å². The fraction of sp³-hybridized carbons (Fsp3) is 0.294. The second-order valence-electron chi connectivity index (χ2n) is 6.31. The first-order valence-corrected chi connectivity index (χ1v) is 9.00. The number of fused-ring (bicyclic) bond motifs is 2. The molecule has 0 radical (unpaired) electrons. The van der Waals surface area contributed by atoms with Gasteiger partial charge in [-0.3, -0.25) is 15.1 Å². The maximum absolute atomic E-state index is 13.2. The zero-order valence-electron chi connectivity index (χ0n) is 12.8. The number of carbonyl (C=O) groups is 1. The van der Waals surface area contributed by atoms with Crippen LogP contribution in [0.15, 0.2) is 40.2 Å². The van der Waals surface area contributed by atoms with E-state index in [1.807, 2.05) is 37.3 Å². The van der Waals surface area contributed by atoms with E-state index in [9.17, 15) is 4.79 Å². The van der Waals surface area contributed by atoms with Crippen LogP contribution in [-0.2, 0) is 22.2 Å². The third-order valence-electron chi connectivity index (χ3n) is 5.23. The first-order chi connectivity index (χ1) is 10.9. The zero-order valence-corrected chi connectivity index (χ0v) is 15.2. The molecule has 4 nitrogen and oxygen atoms in total. The monoisotopic (exact) mass is 389 g/mol. The van der Waals surface area contributed by atoms with E-state index < -0.39 is 11.0 Å². The van der Waals surface area contributed by atoms with Crippen molar-refractivity contribution in [1.29, 1.82) is 5.41 Å². The van der Waals surface area contributed by atoms with Crippen LogP contribution in [0.5, 0.6) is 0 Å². The van der Waals surface area contributed by atoms with E-state index in [-0.39, 0.29) is 11.9 Å². The third kappa shape index (κ3) is 1.71. The van der Waals surface area contributed by atoms with Crippen LogP contribution in [0, 0.1) is 5.41 Å². The number of nitrogens with zero attached hydrogens (tertiary/aromatic N) is 1. The summed E-state index contributed by atoms with van der Waals surface area (Å²) in [5.41, 5.74) is 1.00. The van der Waals surface area contributed by atoms with Gasteiger partial charge in [-0.25, -0.2) is 0 Å². The van der Waals surface area contributed by atoms with Crippen LogP contribution in [0.3, 0.4) is 0 Å². The van der Waals surface area contributed by atoms with Gasteiger partial charge < -0.3 is 5.32 Å². The maximum Gasteiger partial charge on any atom is 0.242 e. The van der Waals surface area contributed by atoms with Gasteiger partial charge in [-0.15, -0.1) is 11.3 Å². The van der Waals surface area contributed by atoms with Crippen molar-refractivity contribution in [2.24, 2.45) is 0 Å². The van der Waals surface area contributed by atoms with E-state index in [0.717, 1.165) is 14.2 Å². The Morgan fingerprint density at radius 1 is 1.30 bits per heavy atom. The fourth-order valence-electron chi connectivity index (χ4n) is 3.89. The number of benzene rings is 1. The lowest BCUT2D eigenvalue weighted by Crippen LogP contribution is -2.74. The molecular weight excluding hydrogens is 374 g/mol. The average Bonchev–Trinajstić information content (AvgIpc) is 2.93. The predicted molar refractivity (Wildman–Crippen MR) is 94.8 cm³/mol. The van der Waals surface area contributed by atoms with Gasteiger partial charge in [0.2, 0.25) is 5.91 Å². The smallest absolute Gasteiger partial charge is 0.242 e. The third-order valence-corrected chi connectivity index (χ3v) is 7.07. The lowest BCUT2D eigenvalue weighted by atomic mass is 9.52. The number of hydrogen-bond acceptors (Lipinski definition) is 3. The standard InChI is InChI=1S/C17H16BrN3OS/c1-16(12-7-8-13(18)23-12)17(14(22)21(2)15(19)20-16)9-10-5-3-4-6-11(10)17/h3-8H,9H2,1-2H3,(H2,19,20)/t16-,17?/m1/s1. The Kier molecular flexibility index (Phi) is 3.03. The van der Waals surface area contributed by atoms with Crippen molar-refractivity contribution >= 4 is 39.1 Å². The number of likely N-dealkylation sites (N-methyl/N-ethyl adjacent to an activating group) is 1. The van der Waals surface area contributed by atoms with E-state index in [4.69, 9.17) is 5.41 Å². The van der Waals surface area contributed by atoms with Gasteiger partial charge in [-0.2, -0.15) is 0 Å². The summed E-state index contributed by atoms with van der Waals surface area (Å²) in [7, 11) is 1.67. The highest BCUT2D eigenvalue weighted by atomic mass is 79.9. The van der Waals surface area contributed by atoms with Gasteiger partial charge in [0.15, 0.2) is 5.96 Å². The van der Waals surface area contributed by atoms with Crippen molar-refractivity contribution in [2.75, 3.05) is 7.05 Å². The average molecular weight is 390 g/mol. The molecule has 1 aromatic heterocycles. The Morgan fingerprint density at radius 3 is 2.70 bits per heavy atom. The highest BCUT2D eigenvalue weighted by molar-refractivity contribution is 9.11. The van der Waals surface area contributed by atoms with Gasteiger partial charge in [0, 0.05) is 11.9 Å². The molecule has 118 valence electrons. The molecule has 0 bridgehead atoms. The number of nitrogens with one attached hydrogen (secondary N) is 2. The van der Waals surface area contributed by atoms with Crippen LogP contribution in [0.4, 0.5) is 0 Å². The van der Waals surface area contributed by atoms with E-state index in [2.05, 4.69) is 27.3 Å². The van der Waals surface area contributed by atoms with E-state index in [1.165, 1.54) is 10.5 Å². The molecule has 1 fully saturated rings. The zero-order chi connectivity index (χ0) is 16.4. The maximum atomic E-state index is 13.2. The number of rotatable bonds is 1. The van der Waals surface area contributed by atoms with E-state index >= 15 is 0 Å². The van der Waals surface area contributed by atoms with Crippen LogP contribution in [-0.4, -0.2) is 23.8 Å². The van der Waals surface area contributed by atoms with Crippen LogP contribution in [0.25, 0.3) is 0 Å². The summed E-state index contributed by atoms with van der Waals surface area (Å²) in [5.74, 6) is 0.143. The quantitative estimate of drug-likeness (QED) is 0.786. The van der Waals surface area contributed by atoms with Crippen molar-refractivity contribution < 1.29 is 4.79 Å². The Hall–Kier alpha value is -1.66. The highest BCUT2D eigenvalue weighted by Gasteiger charge is 2.65. The Bertz CT molecular complexity index is 848. The number of guanidine groups is 1. The topological polar surface area (TPSA) is 56.2 Å². The summed E-state index contributed by atoms with van der Waals surface area (Å²) >= 11 is 5.13. The van der Waals surface area contributed by atoms with Gasteiger partial charge in [-0.1, -0.05) is 24.3 Å². The first kappa shape index (κ1) is 14.9. The van der Waals surface area contributed by atoms with Gasteiger partial charge in [0.1, 0.15) is 5.41 Å². The van der Waals surface area contributed by atoms with E-state index in [0.29, 0.717) is 6.42 Å². The molecule has 6 heteroatoms. The number of hydrogen-bond donors (Lipinski definition) is 2. The summed E-state index contributed by atoms with van der Waals surface area (Å²) in [4.78, 5) is 15.7. The lowest BCUT2D eigenvalue weighted by molar-refractivity contribution is -0.139. The molecule has 2 aromatic rings. The minimum absolute atomic E-state index is 0.00743. The van der Waals surface area contributed by atoms with Crippen molar-refractivity contribution in [3.63, 3.8) is 0 Å². The predicted octanol–water partition coefficient (Wildman–Crippen LogP) is 3.22. The number of carbonyl (C=O) groups excluding carboxylic acids is 1. The Morgan fingerprint density at radius 2 is 2.04 bits per heavy atom. The van der Waals surface area contributed by atoms with Gasteiger partial charge in [0.25, 0.3) is 0 Å². The molecule has 1 amide bonds. The Balaban J connectivity index is 1.96. The molecule has 2 atom stereocenters. The minimum Gasteiger partial charge on any atom is -0.345 e. The molecule has 2 heterocycles. The first-order valence-electron chi connectivity index (χ1n) is 7.39. The molecule has 1 aromatic carbocycles. The Labute approximate surface area is 147 Å². The minimum atomic E-state index is -0.660. The van der Waals surface area contributed by atoms with Gasteiger partial charge >= 0.3 is 0 Å². The molecule has 1 aliphatic carbocycles. The normalized spacial score (nSPS) is 29.3. The highest BCUT2D eigenvalue weighted by Crippen LogP contribution is 2.56. The van der Waals surface area contributed by atoms with Crippen LogP contribution in [0.1, 0.15) is 22.9 Å². The van der Waals surface area contributed by atoms with Crippen molar-refractivity contribution in [1.82, 2.24) is 10.2 Å². The summed E-state index contributed by atoms with van der Waals surface area (Å²) in [6.07, 6.45) is 0.693. The largest absolute Gasteiger partial charge is 0.345 e.